The summed E-state index contributed by atoms with van der Waals surface area (Å²) in [5.41, 5.74) is 1.58. The Morgan fingerprint density at radius 1 is 1.18 bits per heavy atom. The third kappa shape index (κ3) is 3.79. The molecule has 0 radical (unpaired) electrons. The van der Waals surface area contributed by atoms with Gasteiger partial charge in [0.1, 0.15) is 18.4 Å². The molecule has 0 aliphatic carbocycles. The van der Waals surface area contributed by atoms with Gasteiger partial charge in [0, 0.05) is 18.5 Å². The average Bonchev–Trinajstić information content (AvgIpc) is 3.32. The van der Waals surface area contributed by atoms with Crippen LogP contribution in [0.25, 0.3) is 5.69 Å². The second-order valence-electron chi connectivity index (χ2n) is 6.68. The van der Waals surface area contributed by atoms with Crippen molar-refractivity contribution >= 4 is 33.1 Å². The van der Waals surface area contributed by atoms with Crippen molar-refractivity contribution in [2.75, 3.05) is 16.8 Å². The number of aromatic nitrogens is 3. The second kappa shape index (κ2) is 7.15. The molecule has 1 N–H and O–H groups in total. The van der Waals surface area contributed by atoms with Crippen molar-refractivity contribution in [2.45, 2.75) is 25.3 Å². The van der Waals surface area contributed by atoms with Crippen LogP contribution in [0.15, 0.2) is 42.0 Å². The van der Waals surface area contributed by atoms with Crippen molar-refractivity contribution < 1.29 is 18.0 Å². The van der Waals surface area contributed by atoms with E-state index in [9.17, 15) is 18.0 Å². The Bertz CT molecular complexity index is 1030. The highest BCUT2D eigenvalue weighted by molar-refractivity contribution is 7.91. The summed E-state index contributed by atoms with van der Waals surface area (Å²) in [7, 11) is -3.15. The molecule has 10 nitrogen and oxygen atoms in total. The van der Waals surface area contributed by atoms with Crippen molar-refractivity contribution in [3.8, 4) is 5.69 Å². The number of amides is 2. The number of hydrogen-bond donors (Lipinski definition) is 1. The number of hydrazone groups is 1. The van der Waals surface area contributed by atoms with Crippen molar-refractivity contribution in [1.82, 2.24) is 19.8 Å². The summed E-state index contributed by atoms with van der Waals surface area (Å²) in [6, 6.07) is 6.52. The number of anilines is 1. The number of nitrogens with one attached hydrogen (secondary N) is 1. The molecule has 0 saturated carbocycles. The minimum absolute atomic E-state index is 0.0383. The lowest BCUT2D eigenvalue weighted by molar-refractivity contribution is -0.133. The monoisotopic (exact) mass is 402 g/mol. The zero-order valence-corrected chi connectivity index (χ0v) is 15.7. The van der Waals surface area contributed by atoms with Crippen molar-refractivity contribution in [3.63, 3.8) is 0 Å². The predicted octanol–water partition coefficient (Wildman–Crippen LogP) is 0.371. The Kier molecular flexibility index (Phi) is 4.67. The molecule has 2 aliphatic rings. The molecule has 28 heavy (non-hydrogen) atoms. The molecule has 0 spiro atoms. The topological polar surface area (TPSA) is 127 Å². The van der Waals surface area contributed by atoms with Gasteiger partial charge in [-0.25, -0.2) is 23.1 Å². The molecule has 146 valence electrons. The van der Waals surface area contributed by atoms with Crippen LogP contribution in [0.3, 0.4) is 0 Å². The molecular formula is C17H18N6O4S. The van der Waals surface area contributed by atoms with E-state index in [-0.39, 0.29) is 36.0 Å². The highest BCUT2D eigenvalue weighted by Crippen LogP contribution is 2.22. The van der Waals surface area contributed by atoms with Crippen LogP contribution in [0.2, 0.25) is 0 Å². The first-order valence-electron chi connectivity index (χ1n) is 8.78. The Labute approximate surface area is 161 Å². The van der Waals surface area contributed by atoms with E-state index >= 15 is 0 Å². The first-order chi connectivity index (χ1) is 13.4. The molecule has 1 aromatic heterocycles. The summed E-state index contributed by atoms with van der Waals surface area (Å²) in [6.07, 6.45) is 3.70. The number of sulfone groups is 1. The normalized spacial score (nSPS) is 21.4. The molecule has 1 aromatic carbocycles. The van der Waals surface area contributed by atoms with Gasteiger partial charge >= 0.3 is 0 Å². The van der Waals surface area contributed by atoms with Crippen molar-refractivity contribution in [2.24, 2.45) is 5.10 Å². The van der Waals surface area contributed by atoms with Gasteiger partial charge in [-0.1, -0.05) is 0 Å². The van der Waals surface area contributed by atoms with Crippen LogP contribution in [0.4, 0.5) is 5.69 Å². The number of nitrogens with zero attached hydrogens (tertiary/aromatic N) is 5. The number of benzene rings is 1. The molecule has 1 atom stereocenters. The summed E-state index contributed by atoms with van der Waals surface area (Å²) >= 11 is 0. The Hall–Kier alpha value is -3.08. The fourth-order valence-electron chi connectivity index (χ4n) is 3.23. The maximum absolute atomic E-state index is 12.5. The summed E-state index contributed by atoms with van der Waals surface area (Å²) in [4.78, 5) is 28.6. The standard InChI is InChI=1S/C17H18N6O4S/c24-16-6-5-15(21-23(16)14-7-8-28(26,27)9-14)17(25)20-12-1-3-13(4-2-12)22-11-18-10-19-22/h1-4,10-11,14H,5-9H2,(H,20,25). The smallest absolute Gasteiger partial charge is 0.271 e. The largest absolute Gasteiger partial charge is 0.321 e. The predicted molar refractivity (Wildman–Crippen MR) is 101 cm³/mol. The van der Waals surface area contributed by atoms with Gasteiger partial charge in [0.2, 0.25) is 5.91 Å². The molecule has 2 aromatic rings. The molecule has 11 heteroatoms. The molecule has 2 aliphatic heterocycles. The minimum atomic E-state index is -3.15. The highest BCUT2D eigenvalue weighted by Gasteiger charge is 2.37. The zero-order chi connectivity index (χ0) is 19.7. The Balaban J connectivity index is 1.46. The molecule has 2 amide bonds. The van der Waals surface area contributed by atoms with Gasteiger partial charge in [-0.3, -0.25) is 9.59 Å². The van der Waals surface area contributed by atoms with Gasteiger partial charge in [-0.2, -0.15) is 10.2 Å². The highest BCUT2D eigenvalue weighted by atomic mass is 32.2. The van der Waals surface area contributed by atoms with Crippen LogP contribution in [-0.2, 0) is 19.4 Å². The van der Waals surface area contributed by atoms with E-state index in [4.69, 9.17) is 0 Å². The van der Waals surface area contributed by atoms with Gasteiger partial charge in [0.15, 0.2) is 9.84 Å². The van der Waals surface area contributed by atoms with E-state index in [0.717, 1.165) is 5.69 Å². The van der Waals surface area contributed by atoms with Crippen molar-refractivity contribution in [1.29, 1.82) is 0 Å². The number of rotatable bonds is 4. The van der Waals surface area contributed by atoms with Gasteiger partial charge in [-0.05, 0) is 30.7 Å². The SMILES string of the molecule is O=C(Nc1ccc(-n2cncn2)cc1)C1=NN(C2CCS(=O)(=O)C2)C(=O)CC1. The zero-order valence-electron chi connectivity index (χ0n) is 14.9. The third-order valence-corrected chi connectivity index (χ3v) is 6.43. The average molecular weight is 402 g/mol. The minimum Gasteiger partial charge on any atom is -0.321 e. The van der Waals surface area contributed by atoms with Gasteiger partial charge in [0.05, 0.1) is 23.2 Å². The summed E-state index contributed by atoms with van der Waals surface area (Å²) in [6.45, 7) is 0. The van der Waals surface area contributed by atoms with Crippen LogP contribution >= 0.6 is 0 Å². The lowest BCUT2D eigenvalue weighted by atomic mass is 10.1. The maximum atomic E-state index is 12.5. The van der Waals surface area contributed by atoms with Gasteiger partial charge < -0.3 is 5.32 Å². The van der Waals surface area contributed by atoms with E-state index in [1.165, 1.54) is 11.3 Å². The van der Waals surface area contributed by atoms with E-state index < -0.39 is 21.8 Å². The summed E-state index contributed by atoms with van der Waals surface area (Å²) in [5.74, 6) is -0.736. The fourth-order valence-corrected chi connectivity index (χ4v) is 4.92. The Morgan fingerprint density at radius 2 is 1.96 bits per heavy atom. The first-order valence-corrected chi connectivity index (χ1v) is 10.6. The fraction of sp³-hybridized carbons (Fsp3) is 0.353. The van der Waals surface area contributed by atoms with E-state index in [1.807, 2.05) is 0 Å². The number of carbonyl (C=O) groups is 2. The first kappa shape index (κ1) is 18.3. The maximum Gasteiger partial charge on any atom is 0.271 e. The molecule has 1 unspecified atom stereocenters. The third-order valence-electron chi connectivity index (χ3n) is 4.68. The van der Waals surface area contributed by atoms with E-state index in [1.54, 1.807) is 35.3 Å². The lowest BCUT2D eigenvalue weighted by Crippen LogP contribution is -2.42. The van der Waals surface area contributed by atoms with Crippen LogP contribution in [-0.4, -0.2) is 63.3 Å². The molecule has 0 bridgehead atoms. The van der Waals surface area contributed by atoms with E-state index in [2.05, 4.69) is 20.5 Å². The van der Waals surface area contributed by atoms with Crippen LogP contribution in [0.5, 0.6) is 0 Å². The molecule has 4 rings (SSSR count). The van der Waals surface area contributed by atoms with Gasteiger partial charge in [0.25, 0.3) is 5.91 Å². The lowest BCUT2D eigenvalue weighted by Gasteiger charge is -2.27. The molecule has 3 heterocycles. The molecular weight excluding hydrogens is 384 g/mol. The van der Waals surface area contributed by atoms with Crippen molar-refractivity contribution in [3.05, 3.63) is 36.9 Å². The number of carbonyl (C=O) groups excluding carboxylic acids is 2. The van der Waals surface area contributed by atoms with Crippen LogP contribution in [0.1, 0.15) is 19.3 Å². The van der Waals surface area contributed by atoms with Crippen LogP contribution < -0.4 is 5.32 Å². The quantitative estimate of drug-likeness (QED) is 0.787. The molecule has 1 fully saturated rings. The van der Waals surface area contributed by atoms with Gasteiger partial charge in [-0.15, -0.1) is 0 Å². The second-order valence-corrected chi connectivity index (χ2v) is 8.91. The summed E-state index contributed by atoms with van der Waals surface area (Å²) in [5, 5.41) is 12.1. The van der Waals surface area contributed by atoms with E-state index in [0.29, 0.717) is 12.1 Å². The van der Waals surface area contributed by atoms with Crippen LogP contribution in [0, 0.1) is 0 Å². The Morgan fingerprint density at radius 3 is 2.61 bits per heavy atom. The number of hydrogen-bond acceptors (Lipinski definition) is 7. The molecule has 1 saturated heterocycles. The summed E-state index contributed by atoms with van der Waals surface area (Å²) < 4.78 is 25.0.